The molecule has 0 bridgehead atoms. The molecular weight excluding hydrogens is 262 g/mol. The molecule has 2 fully saturated rings. The van der Waals surface area contributed by atoms with E-state index in [9.17, 15) is 0 Å². The molecule has 2 aliphatic rings. The fourth-order valence-corrected chi connectivity index (χ4v) is 4.54. The number of ether oxygens (including phenoxy) is 2. The smallest absolute Gasteiger partial charge is 0.0775 e. The molecule has 1 saturated carbocycles. The number of hydrogen-bond donors (Lipinski definition) is 1. The first-order valence-electron chi connectivity index (χ1n) is 8.82. The SMILES string of the molecule is CCNC(C1CCOC2(CCCC2)C1)C(OC)C(C)(C)C. The van der Waals surface area contributed by atoms with Gasteiger partial charge in [-0.2, -0.15) is 0 Å². The van der Waals surface area contributed by atoms with Gasteiger partial charge in [0, 0.05) is 19.8 Å². The third kappa shape index (κ3) is 4.00. The minimum Gasteiger partial charge on any atom is -0.379 e. The van der Waals surface area contributed by atoms with Gasteiger partial charge in [0.05, 0.1) is 11.7 Å². The highest BCUT2D eigenvalue weighted by Crippen LogP contribution is 2.44. The predicted octanol–water partition coefficient (Wildman–Crippen LogP) is 3.77. The molecular formula is C18H35NO2. The average Bonchev–Trinajstić information content (AvgIpc) is 2.85. The molecule has 3 atom stereocenters. The van der Waals surface area contributed by atoms with Gasteiger partial charge in [-0.1, -0.05) is 40.5 Å². The first kappa shape index (κ1) is 17.2. The molecule has 1 spiro atoms. The largest absolute Gasteiger partial charge is 0.379 e. The molecule has 1 saturated heterocycles. The molecule has 1 aliphatic carbocycles. The maximum absolute atomic E-state index is 6.22. The van der Waals surface area contributed by atoms with Crippen LogP contribution in [0.25, 0.3) is 0 Å². The van der Waals surface area contributed by atoms with E-state index in [0.29, 0.717) is 12.0 Å². The van der Waals surface area contributed by atoms with Gasteiger partial charge in [-0.05, 0) is 43.6 Å². The van der Waals surface area contributed by atoms with Crippen molar-refractivity contribution in [2.75, 3.05) is 20.3 Å². The van der Waals surface area contributed by atoms with Crippen LogP contribution in [0.4, 0.5) is 0 Å². The first-order valence-corrected chi connectivity index (χ1v) is 8.82. The van der Waals surface area contributed by atoms with E-state index in [0.717, 1.165) is 19.6 Å². The lowest BCUT2D eigenvalue weighted by Gasteiger charge is -2.46. The van der Waals surface area contributed by atoms with Gasteiger partial charge in [0.1, 0.15) is 0 Å². The van der Waals surface area contributed by atoms with Crippen LogP contribution in [0.15, 0.2) is 0 Å². The van der Waals surface area contributed by atoms with Crippen LogP contribution in [-0.4, -0.2) is 38.0 Å². The summed E-state index contributed by atoms with van der Waals surface area (Å²) in [7, 11) is 1.87. The number of hydrogen-bond acceptors (Lipinski definition) is 3. The summed E-state index contributed by atoms with van der Waals surface area (Å²) in [6, 6.07) is 0.432. The van der Waals surface area contributed by atoms with Crippen molar-refractivity contribution in [1.29, 1.82) is 0 Å². The summed E-state index contributed by atoms with van der Waals surface area (Å²) in [5.41, 5.74) is 0.343. The van der Waals surface area contributed by atoms with Gasteiger partial charge in [-0.25, -0.2) is 0 Å². The van der Waals surface area contributed by atoms with Crippen molar-refractivity contribution in [2.45, 2.75) is 84.0 Å². The Labute approximate surface area is 131 Å². The van der Waals surface area contributed by atoms with Crippen LogP contribution < -0.4 is 5.32 Å². The molecule has 0 aromatic heterocycles. The zero-order chi connectivity index (χ0) is 15.5. The average molecular weight is 297 g/mol. The van der Waals surface area contributed by atoms with Crippen molar-refractivity contribution < 1.29 is 9.47 Å². The molecule has 0 aromatic carbocycles. The second-order valence-corrected chi connectivity index (χ2v) is 8.10. The molecule has 0 radical (unpaired) electrons. The number of methoxy groups -OCH3 is 1. The van der Waals surface area contributed by atoms with Gasteiger partial charge in [-0.15, -0.1) is 0 Å². The Morgan fingerprint density at radius 3 is 2.48 bits per heavy atom. The molecule has 1 aliphatic heterocycles. The van der Waals surface area contributed by atoms with E-state index in [1.807, 2.05) is 7.11 Å². The van der Waals surface area contributed by atoms with Gasteiger partial charge < -0.3 is 14.8 Å². The maximum atomic E-state index is 6.22. The zero-order valence-electron chi connectivity index (χ0n) is 14.7. The highest BCUT2D eigenvalue weighted by Gasteiger charge is 2.45. The van der Waals surface area contributed by atoms with Gasteiger partial charge in [0.15, 0.2) is 0 Å². The van der Waals surface area contributed by atoms with Gasteiger partial charge >= 0.3 is 0 Å². The van der Waals surface area contributed by atoms with E-state index in [1.54, 1.807) is 0 Å². The Bertz CT molecular complexity index is 318. The predicted molar refractivity (Wildman–Crippen MR) is 87.6 cm³/mol. The van der Waals surface area contributed by atoms with E-state index >= 15 is 0 Å². The minimum atomic E-state index is 0.155. The number of likely N-dealkylation sites (N-methyl/N-ethyl adjacent to an activating group) is 1. The van der Waals surface area contributed by atoms with Crippen LogP contribution in [0, 0.1) is 11.3 Å². The van der Waals surface area contributed by atoms with Crippen LogP contribution in [0.5, 0.6) is 0 Å². The summed E-state index contributed by atoms with van der Waals surface area (Å²) in [4.78, 5) is 0. The van der Waals surface area contributed by atoms with Crippen LogP contribution in [0.3, 0.4) is 0 Å². The summed E-state index contributed by atoms with van der Waals surface area (Å²) in [6.07, 6.45) is 7.82. The van der Waals surface area contributed by atoms with Gasteiger partial charge in [0.25, 0.3) is 0 Å². The monoisotopic (exact) mass is 297 g/mol. The summed E-state index contributed by atoms with van der Waals surface area (Å²) < 4.78 is 12.1. The van der Waals surface area contributed by atoms with Crippen LogP contribution in [0.1, 0.15) is 66.2 Å². The lowest BCUT2D eigenvalue weighted by Crippen LogP contribution is -2.55. The molecule has 2 rings (SSSR count). The molecule has 0 aromatic rings. The molecule has 3 nitrogen and oxygen atoms in total. The number of rotatable bonds is 5. The lowest BCUT2D eigenvalue weighted by atomic mass is 9.73. The standard InChI is InChI=1S/C18H35NO2/c1-6-19-15(16(20-5)17(2,3)4)14-9-12-21-18(13-14)10-7-8-11-18/h14-16,19H,6-13H2,1-5H3. The quantitative estimate of drug-likeness (QED) is 0.838. The molecule has 3 heteroatoms. The molecule has 124 valence electrons. The van der Waals surface area contributed by atoms with Crippen molar-refractivity contribution >= 4 is 0 Å². The second-order valence-electron chi connectivity index (χ2n) is 8.10. The van der Waals surface area contributed by atoms with Crippen molar-refractivity contribution in [1.82, 2.24) is 5.32 Å². The molecule has 3 unspecified atom stereocenters. The Morgan fingerprint density at radius 2 is 1.95 bits per heavy atom. The minimum absolute atomic E-state index is 0.155. The molecule has 21 heavy (non-hydrogen) atoms. The van der Waals surface area contributed by atoms with Crippen molar-refractivity contribution in [3.8, 4) is 0 Å². The summed E-state index contributed by atoms with van der Waals surface area (Å²) >= 11 is 0. The van der Waals surface area contributed by atoms with Crippen LogP contribution in [-0.2, 0) is 9.47 Å². The fourth-order valence-electron chi connectivity index (χ4n) is 4.54. The van der Waals surface area contributed by atoms with Crippen LogP contribution in [0.2, 0.25) is 0 Å². The third-order valence-corrected chi connectivity index (χ3v) is 5.43. The lowest BCUT2D eigenvalue weighted by molar-refractivity contribution is -0.115. The topological polar surface area (TPSA) is 30.5 Å². The fraction of sp³-hybridized carbons (Fsp3) is 1.00. The van der Waals surface area contributed by atoms with E-state index in [4.69, 9.17) is 9.47 Å². The van der Waals surface area contributed by atoms with Crippen molar-refractivity contribution in [3.63, 3.8) is 0 Å². The van der Waals surface area contributed by atoms with Gasteiger partial charge in [-0.3, -0.25) is 0 Å². The normalized spacial score (nSPS) is 28.7. The third-order valence-electron chi connectivity index (χ3n) is 5.43. The Morgan fingerprint density at radius 1 is 1.29 bits per heavy atom. The van der Waals surface area contributed by atoms with E-state index in [-0.39, 0.29) is 17.1 Å². The first-order chi connectivity index (χ1) is 9.92. The highest BCUT2D eigenvalue weighted by molar-refractivity contribution is 4.98. The van der Waals surface area contributed by atoms with E-state index in [1.165, 1.54) is 32.1 Å². The summed E-state index contributed by atoms with van der Waals surface area (Å²) in [6.45, 7) is 11.0. The summed E-state index contributed by atoms with van der Waals surface area (Å²) in [5.74, 6) is 0.668. The van der Waals surface area contributed by atoms with Crippen molar-refractivity contribution in [2.24, 2.45) is 11.3 Å². The van der Waals surface area contributed by atoms with E-state index < -0.39 is 0 Å². The second kappa shape index (κ2) is 6.97. The maximum Gasteiger partial charge on any atom is 0.0775 e. The summed E-state index contributed by atoms with van der Waals surface area (Å²) in [5, 5.41) is 3.74. The molecule has 1 heterocycles. The van der Waals surface area contributed by atoms with Gasteiger partial charge in [0.2, 0.25) is 0 Å². The Hall–Kier alpha value is -0.120. The highest BCUT2D eigenvalue weighted by atomic mass is 16.5. The van der Waals surface area contributed by atoms with E-state index in [2.05, 4.69) is 33.0 Å². The number of nitrogens with one attached hydrogen (secondary N) is 1. The van der Waals surface area contributed by atoms with Crippen molar-refractivity contribution in [3.05, 3.63) is 0 Å². The Kier molecular flexibility index (Phi) is 5.72. The molecule has 0 amide bonds. The Balaban J connectivity index is 2.13. The van der Waals surface area contributed by atoms with Crippen LogP contribution >= 0.6 is 0 Å². The zero-order valence-corrected chi connectivity index (χ0v) is 14.7. The molecule has 1 N–H and O–H groups in total.